The fourth-order valence-electron chi connectivity index (χ4n) is 1.10. The Balaban J connectivity index is 2.48. The van der Waals surface area contributed by atoms with Gasteiger partial charge >= 0.3 is 0 Å². The molecule has 15 heavy (non-hydrogen) atoms. The number of aromatic nitrogens is 3. The van der Waals surface area contributed by atoms with Crippen LogP contribution in [0.1, 0.15) is 15.4 Å². The van der Waals surface area contributed by atoms with Crippen molar-refractivity contribution in [1.29, 1.82) is 0 Å². The zero-order valence-corrected chi connectivity index (χ0v) is 8.61. The lowest BCUT2D eigenvalue weighted by molar-refractivity contribution is -0.254. The lowest BCUT2D eigenvalue weighted by Crippen LogP contribution is -2.21. The highest BCUT2D eigenvalue weighted by Gasteiger charge is 2.10. The Bertz CT molecular complexity index is 495. The van der Waals surface area contributed by atoms with E-state index in [1.54, 1.807) is 13.1 Å². The third-order valence-electron chi connectivity index (χ3n) is 1.76. The summed E-state index contributed by atoms with van der Waals surface area (Å²) in [7, 11) is 0. The molecule has 0 atom stereocenters. The zero-order valence-electron chi connectivity index (χ0n) is 7.80. The standard InChI is InChI=1S/C9H7N3O2S/c1-5-7(9(13)14)15-8(12-5)6-4-10-2-3-11-6/h2-4H,1H3,(H,13,14)/p-1. The number of hydrogen-bond donors (Lipinski definition) is 0. The van der Waals surface area contributed by atoms with E-state index in [1.807, 2.05) is 0 Å². The van der Waals surface area contributed by atoms with Crippen LogP contribution in [0.3, 0.4) is 0 Å². The van der Waals surface area contributed by atoms with E-state index in [2.05, 4.69) is 15.0 Å². The number of carbonyl (C=O) groups excluding carboxylic acids is 1. The van der Waals surface area contributed by atoms with Crippen LogP contribution in [0.25, 0.3) is 10.7 Å². The van der Waals surface area contributed by atoms with Gasteiger partial charge in [0, 0.05) is 12.4 Å². The molecule has 0 aliphatic heterocycles. The fraction of sp³-hybridized carbons (Fsp3) is 0.111. The molecule has 0 spiro atoms. The summed E-state index contributed by atoms with van der Waals surface area (Å²) in [5, 5.41) is 11.2. The number of hydrogen-bond acceptors (Lipinski definition) is 6. The SMILES string of the molecule is Cc1nc(-c2cnccn2)sc1C(=O)[O-]. The highest BCUT2D eigenvalue weighted by atomic mass is 32.1. The molecule has 0 aliphatic carbocycles. The molecule has 2 heterocycles. The molecule has 0 amide bonds. The van der Waals surface area contributed by atoms with Gasteiger partial charge in [-0.3, -0.25) is 9.97 Å². The monoisotopic (exact) mass is 220 g/mol. The van der Waals surface area contributed by atoms with E-state index in [-0.39, 0.29) is 4.88 Å². The second-order valence-corrected chi connectivity index (χ2v) is 3.81. The lowest BCUT2D eigenvalue weighted by atomic mass is 10.4. The summed E-state index contributed by atoms with van der Waals surface area (Å²) in [6.07, 6.45) is 4.62. The van der Waals surface area contributed by atoms with Gasteiger partial charge in [-0.2, -0.15) is 0 Å². The summed E-state index contributed by atoms with van der Waals surface area (Å²) in [5.41, 5.74) is 1.01. The molecule has 0 saturated heterocycles. The fourth-order valence-corrected chi connectivity index (χ4v) is 1.97. The van der Waals surface area contributed by atoms with E-state index in [1.165, 1.54) is 12.4 Å². The molecule has 2 rings (SSSR count). The predicted octanol–water partition coefficient (Wildman–Crippen LogP) is 0.272. The van der Waals surface area contributed by atoms with Gasteiger partial charge in [-0.15, -0.1) is 11.3 Å². The van der Waals surface area contributed by atoms with Gasteiger partial charge in [0.2, 0.25) is 0 Å². The largest absolute Gasteiger partial charge is 0.544 e. The molecule has 0 bridgehead atoms. The number of aryl methyl sites for hydroxylation is 1. The average Bonchev–Trinajstić information content (AvgIpc) is 2.62. The lowest BCUT2D eigenvalue weighted by Gasteiger charge is -1.95. The van der Waals surface area contributed by atoms with E-state index in [0.29, 0.717) is 16.4 Å². The number of carboxylic acids is 1. The van der Waals surface area contributed by atoms with E-state index >= 15 is 0 Å². The number of carbonyl (C=O) groups is 1. The molecule has 0 N–H and O–H groups in total. The van der Waals surface area contributed by atoms with Crippen LogP contribution in [-0.4, -0.2) is 20.9 Å². The normalized spacial score (nSPS) is 10.2. The molecule has 2 aromatic rings. The molecular formula is C9H6N3O2S-. The highest BCUT2D eigenvalue weighted by Crippen LogP contribution is 2.25. The summed E-state index contributed by atoms with van der Waals surface area (Å²) >= 11 is 1.05. The van der Waals surface area contributed by atoms with Crippen LogP contribution in [0.2, 0.25) is 0 Å². The van der Waals surface area contributed by atoms with Crippen molar-refractivity contribution in [3.05, 3.63) is 29.2 Å². The number of thiazole rings is 1. The highest BCUT2D eigenvalue weighted by molar-refractivity contribution is 7.16. The van der Waals surface area contributed by atoms with Crippen molar-refractivity contribution < 1.29 is 9.90 Å². The van der Waals surface area contributed by atoms with Crippen LogP contribution in [0, 0.1) is 6.92 Å². The van der Waals surface area contributed by atoms with Crippen molar-refractivity contribution in [2.45, 2.75) is 6.92 Å². The molecule has 2 aromatic heterocycles. The summed E-state index contributed by atoms with van der Waals surface area (Å²) in [5.74, 6) is -1.21. The van der Waals surface area contributed by atoms with Gasteiger partial charge in [-0.1, -0.05) is 0 Å². The second-order valence-electron chi connectivity index (χ2n) is 2.81. The van der Waals surface area contributed by atoms with E-state index in [0.717, 1.165) is 11.3 Å². The van der Waals surface area contributed by atoms with E-state index in [9.17, 15) is 9.90 Å². The number of carboxylic acid groups (broad SMARTS) is 1. The first kappa shape index (κ1) is 9.72. The third-order valence-corrected chi connectivity index (χ3v) is 2.92. The Kier molecular flexibility index (Phi) is 2.42. The second kappa shape index (κ2) is 3.74. The molecule has 0 radical (unpaired) electrons. The van der Waals surface area contributed by atoms with Crippen LogP contribution < -0.4 is 5.11 Å². The Hall–Kier alpha value is -1.82. The van der Waals surface area contributed by atoms with Gasteiger partial charge < -0.3 is 9.90 Å². The number of nitrogens with zero attached hydrogens (tertiary/aromatic N) is 3. The maximum atomic E-state index is 10.7. The molecule has 0 saturated carbocycles. The summed E-state index contributed by atoms with van der Waals surface area (Å²) in [6.45, 7) is 1.63. The molecule has 6 heteroatoms. The third kappa shape index (κ3) is 1.84. The van der Waals surface area contributed by atoms with Crippen LogP contribution >= 0.6 is 11.3 Å². The average molecular weight is 220 g/mol. The van der Waals surface area contributed by atoms with Crippen LogP contribution in [-0.2, 0) is 0 Å². The minimum atomic E-state index is -1.21. The van der Waals surface area contributed by atoms with Crippen LogP contribution in [0.5, 0.6) is 0 Å². The minimum Gasteiger partial charge on any atom is -0.544 e. The maximum absolute atomic E-state index is 10.7. The topological polar surface area (TPSA) is 78.8 Å². The van der Waals surface area contributed by atoms with Crippen molar-refractivity contribution in [2.75, 3.05) is 0 Å². The van der Waals surface area contributed by atoms with Crippen molar-refractivity contribution in [1.82, 2.24) is 15.0 Å². The van der Waals surface area contributed by atoms with Gasteiger partial charge in [-0.05, 0) is 6.92 Å². The van der Waals surface area contributed by atoms with E-state index < -0.39 is 5.97 Å². The quantitative estimate of drug-likeness (QED) is 0.726. The molecule has 0 aromatic carbocycles. The van der Waals surface area contributed by atoms with Crippen molar-refractivity contribution in [2.24, 2.45) is 0 Å². The smallest absolute Gasteiger partial charge is 0.144 e. The summed E-state index contributed by atoms with van der Waals surface area (Å²) in [4.78, 5) is 22.8. The van der Waals surface area contributed by atoms with Gasteiger partial charge in [0.05, 0.1) is 22.7 Å². The Labute approximate surface area is 89.5 Å². The van der Waals surface area contributed by atoms with Crippen molar-refractivity contribution in [3.8, 4) is 10.7 Å². The minimum absolute atomic E-state index is 0.135. The molecule has 0 aliphatic rings. The summed E-state index contributed by atoms with van der Waals surface area (Å²) in [6, 6.07) is 0. The molecule has 0 fully saturated rings. The number of aromatic carboxylic acids is 1. The first-order valence-corrected chi connectivity index (χ1v) is 4.95. The van der Waals surface area contributed by atoms with E-state index in [4.69, 9.17) is 0 Å². The summed E-state index contributed by atoms with van der Waals surface area (Å²) < 4.78 is 0. The predicted molar refractivity (Wildman–Crippen MR) is 52.2 cm³/mol. The van der Waals surface area contributed by atoms with Gasteiger partial charge in [0.15, 0.2) is 0 Å². The van der Waals surface area contributed by atoms with Crippen molar-refractivity contribution in [3.63, 3.8) is 0 Å². The maximum Gasteiger partial charge on any atom is 0.144 e. The Morgan fingerprint density at radius 3 is 2.80 bits per heavy atom. The van der Waals surface area contributed by atoms with Gasteiger partial charge in [0.1, 0.15) is 10.7 Å². The number of rotatable bonds is 2. The Morgan fingerprint density at radius 1 is 1.47 bits per heavy atom. The molecule has 5 nitrogen and oxygen atoms in total. The van der Waals surface area contributed by atoms with Crippen LogP contribution in [0.15, 0.2) is 18.6 Å². The van der Waals surface area contributed by atoms with Crippen molar-refractivity contribution >= 4 is 17.3 Å². The first-order chi connectivity index (χ1) is 7.18. The van der Waals surface area contributed by atoms with Gasteiger partial charge in [-0.25, -0.2) is 4.98 Å². The Morgan fingerprint density at radius 2 is 2.27 bits per heavy atom. The first-order valence-electron chi connectivity index (χ1n) is 4.13. The molecule has 0 unspecified atom stereocenters. The van der Waals surface area contributed by atoms with Crippen LogP contribution in [0.4, 0.5) is 0 Å². The molecular weight excluding hydrogens is 214 g/mol. The zero-order chi connectivity index (χ0) is 10.8. The van der Waals surface area contributed by atoms with Gasteiger partial charge in [0.25, 0.3) is 0 Å². The molecule has 76 valence electrons.